The van der Waals surface area contributed by atoms with Crippen LogP contribution in [0.5, 0.6) is 0 Å². The highest BCUT2D eigenvalue weighted by molar-refractivity contribution is 5.96. The number of amides is 1. The Kier molecular flexibility index (Phi) is 4.30. The monoisotopic (exact) mass is 330 g/mol. The zero-order valence-electron chi connectivity index (χ0n) is 13.0. The number of nitrogens with one attached hydrogen (secondary N) is 1. The first kappa shape index (κ1) is 16.1. The summed E-state index contributed by atoms with van der Waals surface area (Å²) in [6.07, 6.45) is 2.62. The van der Waals surface area contributed by atoms with Crippen molar-refractivity contribution in [3.05, 3.63) is 40.6 Å². The summed E-state index contributed by atoms with van der Waals surface area (Å²) in [7, 11) is 0. The lowest BCUT2D eigenvalue weighted by Crippen LogP contribution is -2.46. The minimum absolute atomic E-state index is 0.0492. The predicted octanol–water partition coefficient (Wildman–Crippen LogP) is 1.84. The second-order valence-electron chi connectivity index (χ2n) is 5.90. The van der Waals surface area contributed by atoms with E-state index in [9.17, 15) is 14.9 Å². The molecule has 1 saturated heterocycles. The van der Waals surface area contributed by atoms with E-state index in [-0.39, 0.29) is 11.6 Å². The number of pyridine rings is 1. The number of carbonyl (C=O) groups excluding carboxylic acids is 1. The van der Waals surface area contributed by atoms with Crippen molar-refractivity contribution in [2.75, 3.05) is 25.1 Å². The number of hydrogen-bond acceptors (Lipinski definition) is 6. The molecule has 0 unspecified atom stereocenters. The van der Waals surface area contributed by atoms with Crippen LogP contribution in [0.3, 0.4) is 0 Å². The van der Waals surface area contributed by atoms with Crippen LogP contribution in [0.15, 0.2) is 30.5 Å². The third kappa shape index (κ3) is 2.88. The van der Waals surface area contributed by atoms with Crippen LogP contribution in [-0.4, -0.2) is 35.6 Å². The topological polar surface area (TPSA) is 120 Å². The van der Waals surface area contributed by atoms with Gasteiger partial charge in [0, 0.05) is 43.1 Å². The van der Waals surface area contributed by atoms with Crippen LogP contribution in [0.4, 0.5) is 11.4 Å². The second-order valence-corrected chi connectivity index (χ2v) is 5.90. The number of aromatic nitrogens is 1. The molecule has 1 aliphatic heterocycles. The molecule has 2 aromatic rings. The van der Waals surface area contributed by atoms with Crippen molar-refractivity contribution in [1.82, 2.24) is 4.98 Å². The quantitative estimate of drug-likeness (QED) is 0.637. The molecule has 0 bridgehead atoms. The summed E-state index contributed by atoms with van der Waals surface area (Å²) in [5.74, 6) is -0.359. The molecule has 126 valence electrons. The van der Waals surface area contributed by atoms with Crippen LogP contribution >= 0.6 is 0 Å². The predicted molar refractivity (Wildman–Crippen MR) is 88.6 cm³/mol. The summed E-state index contributed by atoms with van der Waals surface area (Å²) in [5, 5.41) is 15.0. The van der Waals surface area contributed by atoms with Crippen LogP contribution in [0.25, 0.3) is 10.9 Å². The average Bonchev–Trinajstić information content (AvgIpc) is 2.60. The van der Waals surface area contributed by atoms with Crippen LogP contribution in [-0.2, 0) is 9.53 Å². The summed E-state index contributed by atoms with van der Waals surface area (Å²) in [4.78, 5) is 26.7. The van der Waals surface area contributed by atoms with E-state index in [1.54, 1.807) is 18.2 Å². The van der Waals surface area contributed by atoms with Crippen LogP contribution in [0.1, 0.15) is 12.8 Å². The van der Waals surface area contributed by atoms with E-state index in [4.69, 9.17) is 10.5 Å². The van der Waals surface area contributed by atoms with Crippen LogP contribution in [0.2, 0.25) is 0 Å². The maximum atomic E-state index is 11.9. The lowest BCUT2D eigenvalue weighted by atomic mass is 9.79. The number of carbonyl (C=O) groups is 1. The Hall–Kier alpha value is -2.74. The SMILES string of the molecule is NC(=O)C1(CNc2ccnc3c([N+](=O)[O-])cccc23)CCOCC1. The number of hydrogen-bond donors (Lipinski definition) is 2. The third-order valence-electron chi connectivity index (χ3n) is 4.54. The molecule has 3 N–H and O–H groups in total. The zero-order chi connectivity index (χ0) is 17.2. The van der Waals surface area contributed by atoms with E-state index in [2.05, 4.69) is 10.3 Å². The molecule has 24 heavy (non-hydrogen) atoms. The fourth-order valence-corrected chi connectivity index (χ4v) is 3.00. The van der Waals surface area contributed by atoms with Crippen molar-refractivity contribution in [3.8, 4) is 0 Å². The van der Waals surface area contributed by atoms with Crippen LogP contribution < -0.4 is 11.1 Å². The Morgan fingerprint density at radius 3 is 2.79 bits per heavy atom. The van der Waals surface area contributed by atoms with E-state index in [0.717, 1.165) is 0 Å². The number of nitro benzene ring substituents is 1. The third-order valence-corrected chi connectivity index (χ3v) is 4.54. The molecular formula is C16H18N4O4. The van der Waals surface area contributed by atoms with Crippen molar-refractivity contribution < 1.29 is 14.5 Å². The molecule has 8 heteroatoms. The van der Waals surface area contributed by atoms with Gasteiger partial charge in [-0.2, -0.15) is 0 Å². The number of primary amides is 1. The van der Waals surface area contributed by atoms with Crippen LogP contribution in [0, 0.1) is 15.5 Å². The first-order chi connectivity index (χ1) is 11.5. The van der Waals surface area contributed by atoms with Crippen molar-refractivity contribution >= 4 is 28.2 Å². The molecule has 1 aliphatic rings. The molecule has 1 aromatic carbocycles. The molecule has 1 aromatic heterocycles. The fraction of sp³-hybridized carbons (Fsp3) is 0.375. The highest BCUT2D eigenvalue weighted by atomic mass is 16.6. The summed E-state index contributed by atoms with van der Waals surface area (Å²) >= 11 is 0. The first-order valence-electron chi connectivity index (χ1n) is 7.67. The minimum atomic E-state index is -0.672. The number of ether oxygens (including phenoxy) is 1. The normalized spacial score (nSPS) is 16.7. The molecule has 3 rings (SSSR count). The molecule has 2 heterocycles. The molecular weight excluding hydrogens is 312 g/mol. The minimum Gasteiger partial charge on any atom is -0.383 e. The maximum Gasteiger partial charge on any atom is 0.295 e. The van der Waals surface area contributed by atoms with Gasteiger partial charge in [0.2, 0.25) is 5.91 Å². The Bertz CT molecular complexity index is 787. The van der Waals surface area contributed by atoms with Crippen molar-refractivity contribution in [2.45, 2.75) is 12.8 Å². The number of benzene rings is 1. The van der Waals surface area contributed by atoms with Crippen molar-refractivity contribution in [3.63, 3.8) is 0 Å². The summed E-state index contributed by atoms with van der Waals surface area (Å²) < 4.78 is 5.32. The number of fused-ring (bicyclic) bond motifs is 1. The van der Waals surface area contributed by atoms with E-state index in [1.807, 2.05) is 0 Å². The number of nitrogens with zero attached hydrogens (tertiary/aromatic N) is 2. The van der Waals surface area contributed by atoms with E-state index < -0.39 is 10.3 Å². The Morgan fingerprint density at radius 1 is 1.38 bits per heavy atom. The highest BCUT2D eigenvalue weighted by Crippen LogP contribution is 2.33. The number of rotatable bonds is 5. The van der Waals surface area contributed by atoms with Gasteiger partial charge in [0.25, 0.3) is 5.69 Å². The lowest BCUT2D eigenvalue weighted by molar-refractivity contribution is -0.383. The molecule has 8 nitrogen and oxygen atoms in total. The van der Waals surface area contributed by atoms with Gasteiger partial charge in [0.1, 0.15) is 5.52 Å². The number of nitrogens with two attached hydrogens (primary N) is 1. The zero-order valence-corrected chi connectivity index (χ0v) is 13.0. The largest absolute Gasteiger partial charge is 0.383 e. The van der Waals surface area contributed by atoms with E-state index in [0.29, 0.717) is 49.2 Å². The van der Waals surface area contributed by atoms with Gasteiger partial charge in [0.15, 0.2) is 0 Å². The van der Waals surface area contributed by atoms with Crippen molar-refractivity contribution in [2.24, 2.45) is 11.1 Å². The lowest BCUT2D eigenvalue weighted by Gasteiger charge is -2.34. The van der Waals surface area contributed by atoms with Gasteiger partial charge >= 0.3 is 0 Å². The van der Waals surface area contributed by atoms with Gasteiger partial charge in [-0.3, -0.25) is 14.9 Å². The van der Waals surface area contributed by atoms with Gasteiger partial charge in [-0.1, -0.05) is 12.1 Å². The maximum absolute atomic E-state index is 11.9. The van der Waals surface area contributed by atoms with E-state index in [1.165, 1.54) is 12.3 Å². The molecule has 0 spiro atoms. The molecule has 0 radical (unpaired) electrons. The summed E-state index contributed by atoms with van der Waals surface area (Å²) in [6.45, 7) is 1.34. The Morgan fingerprint density at radius 2 is 2.12 bits per heavy atom. The number of nitro groups is 1. The molecule has 0 saturated carbocycles. The van der Waals surface area contributed by atoms with Gasteiger partial charge in [-0.05, 0) is 18.9 Å². The highest BCUT2D eigenvalue weighted by Gasteiger charge is 2.38. The summed E-state index contributed by atoms with van der Waals surface area (Å²) in [5.41, 5.74) is 5.89. The Balaban J connectivity index is 1.91. The Labute approximate surface area is 138 Å². The second kappa shape index (κ2) is 6.40. The van der Waals surface area contributed by atoms with Gasteiger partial charge in [0.05, 0.1) is 10.3 Å². The summed E-state index contributed by atoms with van der Waals surface area (Å²) in [6, 6.07) is 6.53. The standard InChI is InChI=1S/C16H18N4O4/c17-15(21)16(5-8-24-9-6-16)10-19-12-4-7-18-14-11(12)2-1-3-13(14)20(22)23/h1-4,7H,5-6,8-10H2,(H2,17,21)(H,18,19). The van der Waals surface area contributed by atoms with Gasteiger partial charge < -0.3 is 15.8 Å². The van der Waals surface area contributed by atoms with Gasteiger partial charge in [-0.15, -0.1) is 0 Å². The number of para-hydroxylation sites is 1. The smallest absolute Gasteiger partial charge is 0.295 e. The average molecular weight is 330 g/mol. The number of anilines is 1. The molecule has 0 aliphatic carbocycles. The fourth-order valence-electron chi connectivity index (χ4n) is 3.00. The first-order valence-corrected chi connectivity index (χ1v) is 7.67. The molecule has 1 amide bonds. The molecule has 0 atom stereocenters. The van der Waals surface area contributed by atoms with Gasteiger partial charge in [-0.25, -0.2) is 4.98 Å². The molecule has 1 fully saturated rings. The number of non-ortho nitro benzene ring substituents is 1. The van der Waals surface area contributed by atoms with E-state index >= 15 is 0 Å². The van der Waals surface area contributed by atoms with Crippen molar-refractivity contribution in [1.29, 1.82) is 0 Å².